The number of aryl methyl sites for hydroxylation is 3. The quantitative estimate of drug-likeness (QED) is 0.0602. The summed E-state index contributed by atoms with van der Waals surface area (Å²) in [5.41, 5.74) is 6.59. The maximum absolute atomic E-state index is 14.7. The molecule has 9 heteroatoms. The number of hydrogen-bond donors (Lipinski definition) is 3. The molecular formula is C54H81N3O6. The van der Waals surface area contributed by atoms with E-state index in [0.717, 1.165) is 124 Å². The van der Waals surface area contributed by atoms with Gasteiger partial charge in [-0.15, -0.1) is 0 Å². The Kier molecular flexibility index (Phi) is 19.0. The second kappa shape index (κ2) is 23.4. The summed E-state index contributed by atoms with van der Waals surface area (Å²) < 4.78 is 3.33. The number of aromatic nitrogens is 3. The monoisotopic (exact) mass is 868 g/mol. The van der Waals surface area contributed by atoms with E-state index in [4.69, 9.17) is 0 Å². The lowest BCUT2D eigenvalue weighted by Gasteiger charge is -2.23. The Morgan fingerprint density at radius 3 is 0.873 bits per heavy atom. The third-order valence-corrected chi connectivity index (χ3v) is 14.2. The van der Waals surface area contributed by atoms with Crippen molar-refractivity contribution in [3.05, 3.63) is 116 Å². The van der Waals surface area contributed by atoms with Crippen LogP contribution in [0.5, 0.6) is 17.2 Å². The van der Waals surface area contributed by atoms with Crippen LogP contribution in [0.4, 0.5) is 0 Å². The van der Waals surface area contributed by atoms with E-state index in [2.05, 4.69) is 41.5 Å². The van der Waals surface area contributed by atoms with Gasteiger partial charge in [0.05, 0.1) is 19.6 Å². The molecule has 4 aromatic rings. The summed E-state index contributed by atoms with van der Waals surface area (Å²) in [5, 5.41) is 34.8. The molecule has 0 aliphatic heterocycles. The molecule has 0 saturated heterocycles. The van der Waals surface area contributed by atoms with Crippen molar-refractivity contribution in [2.75, 3.05) is 0 Å². The lowest BCUT2D eigenvalue weighted by atomic mass is 9.88. The fourth-order valence-corrected chi connectivity index (χ4v) is 9.65. The van der Waals surface area contributed by atoms with Gasteiger partial charge in [0.25, 0.3) is 0 Å². The number of nitrogens with zero attached hydrogens (tertiary/aromatic N) is 3. The number of rotatable bonds is 24. The molecule has 3 N–H and O–H groups in total. The summed E-state index contributed by atoms with van der Waals surface area (Å²) in [7, 11) is 0. The number of phenols is 3. The molecule has 0 fully saturated rings. The normalized spacial score (nSPS) is 13.1. The maximum atomic E-state index is 14.7. The molecule has 0 aliphatic rings. The van der Waals surface area contributed by atoms with E-state index in [1.54, 1.807) is 0 Å². The van der Waals surface area contributed by atoms with Crippen LogP contribution in [0.3, 0.4) is 0 Å². The van der Waals surface area contributed by atoms with Gasteiger partial charge in [0.15, 0.2) is 0 Å². The average Bonchev–Trinajstić information content (AvgIpc) is 3.25. The fourth-order valence-electron chi connectivity index (χ4n) is 9.65. The zero-order valence-electron chi connectivity index (χ0n) is 41.1. The molecular weight excluding hydrogens is 787 g/mol. The third kappa shape index (κ3) is 12.0. The highest BCUT2D eigenvalue weighted by molar-refractivity contribution is 5.52. The minimum atomic E-state index is -0.761. The van der Waals surface area contributed by atoms with Crippen LogP contribution in [0, 0.1) is 41.5 Å². The van der Waals surface area contributed by atoms with E-state index in [9.17, 15) is 29.7 Å². The first-order valence-corrected chi connectivity index (χ1v) is 24.3. The van der Waals surface area contributed by atoms with E-state index in [0.29, 0.717) is 33.4 Å². The highest BCUT2D eigenvalue weighted by Gasteiger charge is 2.25. The SMILES string of the molecule is CCCCCCC(C)c1cc(C)c(Cn2c(=O)n(Cc3c(C)cc(C(C)CCCCCC)c(O)c3C)c(=O)n(Cc3c(C)cc(C(C)CCCCCC)c(O)c3C)c2=O)c(C)c1O. The minimum Gasteiger partial charge on any atom is -0.507 e. The van der Waals surface area contributed by atoms with Crippen LogP contribution in [0.2, 0.25) is 0 Å². The van der Waals surface area contributed by atoms with Gasteiger partial charge in [0, 0.05) is 0 Å². The lowest BCUT2D eigenvalue weighted by Crippen LogP contribution is -2.55. The van der Waals surface area contributed by atoms with Gasteiger partial charge in [-0.25, -0.2) is 28.1 Å². The predicted molar refractivity (Wildman–Crippen MR) is 261 cm³/mol. The van der Waals surface area contributed by atoms with E-state index >= 15 is 0 Å². The summed E-state index contributed by atoms with van der Waals surface area (Å²) in [6.07, 6.45) is 16.5. The Morgan fingerprint density at radius 1 is 0.413 bits per heavy atom. The molecule has 9 nitrogen and oxygen atoms in total. The molecule has 0 amide bonds. The van der Waals surface area contributed by atoms with Crippen LogP contribution in [-0.4, -0.2) is 29.0 Å². The maximum Gasteiger partial charge on any atom is 0.336 e. The van der Waals surface area contributed by atoms with Crippen molar-refractivity contribution >= 4 is 0 Å². The van der Waals surface area contributed by atoms with Crippen LogP contribution in [0.25, 0.3) is 0 Å². The molecule has 0 aliphatic carbocycles. The lowest BCUT2D eigenvalue weighted by molar-refractivity contribution is 0.447. The molecule has 0 saturated carbocycles. The van der Waals surface area contributed by atoms with Gasteiger partial charge in [0.2, 0.25) is 0 Å². The van der Waals surface area contributed by atoms with Gasteiger partial charge in [-0.3, -0.25) is 0 Å². The third-order valence-electron chi connectivity index (χ3n) is 14.2. The molecule has 1 heterocycles. The minimum absolute atomic E-state index is 0.131. The summed E-state index contributed by atoms with van der Waals surface area (Å²) in [5.74, 6) is 0.903. The van der Waals surface area contributed by atoms with Crippen LogP contribution >= 0.6 is 0 Å². The zero-order chi connectivity index (χ0) is 46.7. The van der Waals surface area contributed by atoms with E-state index in [-0.39, 0.29) is 54.6 Å². The molecule has 0 radical (unpaired) electrons. The highest BCUT2D eigenvalue weighted by Crippen LogP contribution is 2.38. The number of phenolic OH excluding ortho intramolecular Hbond substituents is 3. The second-order valence-electron chi connectivity index (χ2n) is 19.1. The van der Waals surface area contributed by atoms with E-state index in [1.807, 2.05) is 59.7 Å². The van der Waals surface area contributed by atoms with Gasteiger partial charge >= 0.3 is 17.1 Å². The Bertz CT molecular complexity index is 2080. The van der Waals surface area contributed by atoms with Crippen molar-refractivity contribution in [1.82, 2.24) is 13.7 Å². The Hall–Kier alpha value is -4.53. The molecule has 3 aromatic carbocycles. The first-order valence-electron chi connectivity index (χ1n) is 24.3. The van der Waals surface area contributed by atoms with Gasteiger partial charge < -0.3 is 15.3 Å². The van der Waals surface area contributed by atoms with Crippen LogP contribution in [0.1, 0.15) is 222 Å². The number of unbranched alkanes of at least 4 members (excludes halogenated alkanes) is 9. The second-order valence-corrected chi connectivity index (χ2v) is 19.1. The van der Waals surface area contributed by atoms with Gasteiger partial charge in [-0.2, -0.15) is 0 Å². The molecule has 0 bridgehead atoms. The van der Waals surface area contributed by atoms with Gasteiger partial charge in [-0.05, 0) is 145 Å². The van der Waals surface area contributed by atoms with Gasteiger partial charge in [0.1, 0.15) is 17.2 Å². The van der Waals surface area contributed by atoms with Gasteiger partial charge in [-0.1, -0.05) is 137 Å². The standard InChI is InChI=1S/C54H81N3O6/c1-13-16-19-22-25-34(4)43-28-37(7)46(40(10)49(43)58)31-55-52(61)56(32-47-38(8)29-44(50(59)41(47)11)35(5)26-23-20-17-14-2)54(63)57(53(55)62)33-48-39(9)30-45(51(60)42(48)12)36(6)27-24-21-18-15-3/h28-30,34-36,58-60H,13-27,31-33H2,1-12H3. The topological polar surface area (TPSA) is 127 Å². The van der Waals surface area contributed by atoms with Crippen molar-refractivity contribution in [3.63, 3.8) is 0 Å². The average molecular weight is 868 g/mol. The van der Waals surface area contributed by atoms with E-state index < -0.39 is 17.1 Å². The van der Waals surface area contributed by atoms with Crippen LogP contribution in [0.15, 0.2) is 32.6 Å². The molecule has 3 atom stereocenters. The fraction of sp³-hybridized carbons (Fsp3) is 0.611. The van der Waals surface area contributed by atoms with E-state index in [1.165, 1.54) is 19.3 Å². The predicted octanol–water partition coefficient (Wildman–Crippen LogP) is 12.5. The summed E-state index contributed by atoms with van der Waals surface area (Å²) in [4.78, 5) is 44.1. The summed E-state index contributed by atoms with van der Waals surface area (Å²) in [6.45, 7) is 23.8. The molecule has 3 unspecified atom stereocenters. The Labute approximate surface area is 378 Å². The first kappa shape index (κ1) is 51.1. The molecule has 63 heavy (non-hydrogen) atoms. The van der Waals surface area contributed by atoms with Crippen molar-refractivity contribution in [1.29, 1.82) is 0 Å². The van der Waals surface area contributed by atoms with Crippen molar-refractivity contribution in [3.8, 4) is 17.2 Å². The Morgan fingerprint density at radius 2 is 0.651 bits per heavy atom. The first-order chi connectivity index (χ1) is 29.9. The summed E-state index contributed by atoms with van der Waals surface area (Å²) >= 11 is 0. The largest absolute Gasteiger partial charge is 0.507 e. The van der Waals surface area contributed by atoms with Crippen molar-refractivity contribution in [2.24, 2.45) is 0 Å². The summed E-state index contributed by atoms with van der Waals surface area (Å²) in [6, 6.07) is 5.93. The van der Waals surface area contributed by atoms with Crippen LogP contribution in [-0.2, 0) is 19.6 Å². The van der Waals surface area contributed by atoms with Crippen molar-refractivity contribution < 1.29 is 15.3 Å². The molecule has 1 aromatic heterocycles. The highest BCUT2D eigenvalue weighted by atomic mass is 16.3. The zero-order valence-corrected chi connectivity index (χ0v) is 41.1. The molecule has 4 rings (SSSR count). The number of hydrogen-bond acceptors (Lipinski definition) is 6. The number of aromatic hydroxyl groups is 3. The smallest absolute Gasteiger partial charge is 0.336 e. The Balaban J connectivity index is 1.88. The van der Waals surface area contributed by atoms with Crippen molar-refractivity contribution in [2.45, 2.75) is 217 Å². The number of benzene rings is 3. The molecule has 348 valence electrons. The molecule has 0 spiro atoms. The van der Waals surface area contributed by atoms with Crippen LogP contribution < -0.4 is 17.1 Å².